The van der Waals surface area contributed by atoms with Crippen LogP contribution < -0.4 is 0 Å². The molecule has 21 heavy (non-hydrogen) atoms. The third-order valence-electron chi connectivity index (χ3n) is 4.37. The molecular formula is C18H23N3. The molecule has 3 rings (SSSR count). The minimum atomic E-state index is 0.585. The van der Waals surface area contributed by atoms with E-state index in [2.05, 4.69) is 53.1 Å². The maximum absolute atomic E-state index is 4.66. The number of benzene rings is 1. The number of hydrogen-bond acceptors (Lipinski definition) is 3. The molecule has 0 saturated carbocycles. The molecule has 1 aliphatic heterocycles. The van der Waals surface area contributed by atoms with E-state index in [0.717, 1.165) is 30.9 Å². The van der Waals surface area contributed by atoms with Gasteiger partial charge < -0.3 is 4.90 Å². The molecule has 110 valence electrons. The van der Waals surface area contributed by atoms with Crippen molar-refractivity contribution in [3.63, 3.8) is 0 Å². The summed E-state index contributed by atoms with van der Waals surface area (Å²) in [5.41, 5.74) is 4.80. The van der Waals surface area contributed by atoms with Gasteiger partial charge in [0.05, 0.1) is 11.4 Å². The number of aromatic nitrogens is 2. The molecule has 0 radical (unpaired) electrons. The van der Waals surface area contributed by atoms with Crippen molar-refractivity contribution in [2.24, 2.45) is 0 Å². The third kappa shape index (κ3) is 3.67. The Kier molecular flexibility index (Phi) is 4.30. The largest absolute Gasteiger partial charge is 0.306 e. The first-order valence-corrected chi connectivity index (χ1v) is 7.75. The van der Waals surface area contributed by atoms with Gasteiger partial charge in [0.2, 0.25) is 0 Å². The molecule has 3 nitrogen and oxygen atoms in total. The maximum atomic E-state index is 4.66. The lowest BCUT2D eigenvalue weighted by molar-refractivity contribution is 0.253. The van der Waals surface area contributed by atoms with Crippen LogP contribution in [0.1, 0.15) is 41.3 Å². The zero-order chi connectivity index (χ0) is 14.7. The second-order valence-corrected chi connectivity index (χ2v) is 6.17. The molecule has 1 aromatic heterocycles. The molecular weight excluding hydrogens is 258 g/mol. The van der Waals surface area contributed by atoms with Crippen molar-refractivity contribution in [2.75, 3.05) is 20.1 Å². The number of rotatable bonds is 3. The van der Waals surface area contributed by atoms with Gasteiger partial charge in [0, 0.05) is 24.7 Å². The number of hydrogen-bond donors (Lipinski definition) is 0. The van der Waals surface area contributed by atoms with Crippen molar-refractivity contribution in [1.29, 1.82) is 0 Å². The Hall–Kier alpha value is -1.74. The van der Waals surface area contributed by atoms with Crippen molar-refractivity contribution in [2.45, 2.75) is 32.1 Å². The second kappa shape index (κ2) is 6.35. The molecule has 0 N–H and O–H groups in total. The topological polar surface area (TPSA) is 29.0 Å². The van der Waals surface area contributed by atoms with Crippen LogP contribution in [0.4, 0.5) is 0 Å². The normalized spacial score (nSPS) is 17.0. The Morgan fingerprint density at radius 3 is 2.38 bits per heavy atom. The molecule has 1 aliphatic rings. The zero-order valence-corrected chi connectivity index (χ0v) is 12.9. The summed E-state index contributed by atoms with van der Waals surface area (Å²) in [7, 11) is 2.19. The van der Waals surface area contributed by atoms with Gasteiger partial charge in [-0.25, -0.2) is 0 Å². The van der Waals surface area contributed by atoms with Crippen molar-refractivity contribution in [3.05, 3.63) is 59.2 Å². The Morgan fingerprint density at radius 1 is 1.05 bits per heavy atom. The summed E-state index contributed by atoms with van der Waals surface area (Å²) in [6.07, 6.45) is 7.19. The van der Waals surface area contributed by atoms with E-state index in [0.29, 0.717) is 5.92 Å². The molecule has 2 aromatic rings. The molecule has 0 aliphatic carbocycles. The van der Waals surface area contributed by atoms with Gasteiger partial charge in [-0.15, -0.1) is 0 Å². The minimum Gasteiger partial charge on any atom is -0.306 e. The third-order valence-corrected chi connectivity index (χ3v) is 4.37. The van der Waals surface area contributed by atoms with Crippen LogP contribution >= 0.6 is 0 Å². The molecule has 1 fully saturated rings. The lowest BCUT2D eigenvalue weighted by atomic mass is 9.94. The highest BCUT2D eigenvalue weighted by atomic mass is 15.1. The van der Waals surface area contributed by atoms with Crippen LogP contribution in [-0.2, 0) is 6.42 Å². The summed E-state index contributed by atoms with van der Waals surface area (Å²) in [6.45, 7) is 4.44. The highest BCUT2D eigenvalue weighted by Gasteiger charge is 2.19. The smallest absolute Gasteiger partial charge is 0.0630 e. The minimum absolute atomic E-state index is 0.585. The SMILES string of the molecule is Cc1ccc(Cc2cnc(C3CCN(C)CC3)cn2)cc1. The van der Waals surface area contributed by atoms with E-state index in [4.69, 9.17) is 0 Å². The number of likely N-dealkylation sites (tertiary alicyclic amines) is 1. The van der Waals surface area contributed by atoms with Gasteiger partial charge in [-0.3, -0.25) is 9.97 Å². The Balaban J connectivity index is 1.65. The monoisotopic (exact) mass is 281 g/mol. The van der Waals surface area contributed by atoms with Gasteiger partial charge >= 0.3 is 0 Å². The summed E-state index contributed by atoms with van der Waals surface area (Å²) in [6, 6.07) is 8.63. The van der Waals surface area contributed by atoms with Crippen molar-refractivity contribution >= 4 is 0 Å². The summed E-state index contributed by atoms with van der Waals surface area (Å²) in [5, 5.41) is 0. The first kappa shape index (κ1) is 14.2. The number of nitrogens with zero attached hydrogens (tertiary/aromatic N) is 3. The summed E-state index contributed by atoms with van der Waals surface area (Å²) >= 11 is 0. The van der Waals surface area contributed by atoms with Crippen LogP contribution in [0.15, 0.2) is 36.7 Å². The number of piperidine rings is 1. The van der Waals surface area contributed by atoms with Gasteiger partial charge in [-0.1, -0.05) is 29.8 Å². The van der Waals surface area contributed by atoms with Crippen LogP contribution in [0.2, 0.25) is 0 Å². The summed E-state index contributed by atoms with van der Waals surface area (Å²) < 4.78 is 0. The Labute approximate surface area is 127 Å². The van der Waals surface area contributed by atoms with Crippen LogP contribution in [0.5, 0.6) is 0 Å². The van der Waals surface area contributed by atoms with E-state index >= 15 is 0 Å². The maximum Gasteiger partial charge on any atom is 0.0630 e. The van der Waals surface area contributed by atoms with Crippen LogP contribution in [0.3, 0.4) is 0 Å². The first-order valence-electron chi connectivity index (χ1n) is 7.75. The van der Waals surface area contributed by atoms with Crippen LogP contribution in [-0.4, -0.2) is 35.0 Å². The van der Waals surface area contributed by atoms with Crippen molar-refractivity contribution in [1.82, 2.24) is 14.9 Å². The fourth-order valence-electron chi connectivity index (χ4n) is 2.89. The van der Waals surface area contributed by atoms with Crippen molar-refractivity contribution < 1.29 is 0 Å². The molecule has 0 atom stereocenters. The molecule has 1 aromatic carbocycles. The zero-order valence-electron chi connectivity index (χ0n) is 12.9. The van der Waals surface area contributed by atoms with Gasteiger partial charge in [0.15, 0.2) is 0 Å². The second-order valence-electron chi connectivity index (χ2n) is 6.17. The van der Waals surface area contributed by atoms with Gasteiger partial charge in [0.25, 0.3) is 0 Å². The van der Waals surface area contributed by atoms with E-state index in [1.807, 2.05) is 12.4 Å². The molecule has 1 saturated heterocycles. The van der Waals surface area contributed by atoms with E-state index in [1.165, 1.54) is 24.0 Å². The fourth-order valence-corrected chi connectivity index (χ4v) is 2.89. The average Bonchev–Trinajstić information content (AvgIpc) is 2.51. The first-order chi connectivity index (χ1) is 10.2. The van der Waals surface area contributed by atoms with E-state index in [9.17, 15) is 0 Å². The summed E-state index contributed by atoms with van der Waals surface area (Å²) in [5.74, 6) is 0.585. The van der Waals surface area contributed by atoms with Gasteiger partial charge in [-0.2, -0.15) is 0 Å². The molecule has 0 unspecified atom stereocenters. The van der Waals surface area contributed by atoms with E-state index in [-0.39, 0.29) is 0 Å². The van der Waals surface area contributed by atoms with Gasteiger partial charge in [-0.05, 0) is 45.5 Å². The van der Waals surface area contributed by atoms with Gasteiger partial charge in [0.1, 0.15) is 0 Å². The fraction of sp³-hybridized carbons (Fsp3) is 0.444. The molecule has 0 bridgehead atoms. The Bertz CT molecular complexity index is 566. The van der Waals surface area contributed by atoms with E-state index < -0.39 is 0 Å². The lowest BCUT2D eigenvalue weighted by Gasteiger charge is -2.28. The molecule has 0 amide bonds. The van der Waals surface area contributed by atoms with Crippen LogP contribution in [0.25, 0.3) is 0 Å². The lowest BCUT2D eigenvalue weighted by Crippen LogP contribution is -2.29. The average molecular weight is 281 g/mol. The standard InChI is InChI=1S/C18H23N3/c1-14-3-5-15(6-4-14)11-17-12-20-18(13-19-17)16-7-9-21(2)10-8-16/h3-6,12-13,16H,7-11H2,1-2H3. The summed E-state index contributed by atoms with van der Waals surface area (Å²) in [4.78, 5) is 11.7. The molecule has 2 heterocycles. The quantitative estimate of drug-likeness (QED) is 0.865. The molecule has 0 spiro atoms. The van der Waals surface area contributed by atoms with Crippen molar-refractivity contribution in [3.8, 4) is 0 Å². The van der Waals surface area contributed by atoms with E-state index in [1.54, 1.807) is 0 Å². The predicted molar refractivity (Wildman–Crippen MR) is 85.5 cm³/mol. The number of aryl methyl sites for hydroxylation is 1. The predicted octanol–water partition coefficient (Wildman–Crippen LogP) is 3.19. The van der Waals surface area contributed by atoms with Crippen LogP contribution in [0, 0.1) is 6.92 Å². The highest BCUT2D eigenvalue weighted by Crippen LogP contribution is 2.25. The highest BCUT2D eigenvalue weighted by molar-refractivity contribution is 5.25. The molecule has 3 heteroatoms. The Morgan fingerprint density at radius 2 is 1.76 bits per heavy atom.